The highest BCUT2D eigenvalue weighted by Crippen LogP contribution is 2.42. The van der Waals surface area contributed by atoms with E-state index in [1.54, 1.807) is 10.9 Å². The first kappa shape index (κ1) is 21.9. The van der Waals surface area contributed by atoms with Crippen LogP contribution in [0.3, 0.4) is 0 Å². The van der Waals surface area contributed by atoms with Gasteiger partial charge in [-0.3, -0.25) is 9.78 Å². The minimum atomic E-state index is -0.701. The fraction of sp³-hybridized carbons (Fsp3) is 0.280. The van der Waals surface area contributed by atoms with E-state index < -0.39 is 17.6 Å². The predicted octanol–water partition coefficient (Wildman–Crippen LogP) is 5.07. The molecule has 0 saturated heterocycles. The lowest BCUT2D eigenvalue weighted by Gasteiger charge is -2.32. The molecule has 0 fully saturated rings. The third-order valence-electron chi connectivity index (χ3n) is 6.33. The van der Waals surface area contributed by atoms with E-state index in [0.717, 1.165) is 33.4 Å². The maximum absolute atomic E-state index is 15.2. The zero-order valence-corrected chi connectivity index (χ0v) is 19.4. The molecule has 1 atom stereocenters. The van der Waals surface area contributed by atoms with Crippen LogP contribution in [0.1, 0.15) is 23.6 Å². The third-order valence-corrected chi connectivity index (χ3v) is 6.33. The predicted molar refractivity (Wildman–Crippen MR) is 126 cm³/mol. The van der Waals surface area contributed by atoms with Crippen molar-refractivity contribution in [3.05, 3.63) is 65.8 Å². The molecule has 5 rings (SSSR count). The van der Waals surface area contributed by atoms with Crippen molar-refractivity contribution >= 4 is 16.6 Å². The van der Waals surface area contributed by atoms with Crippen LogP contribution in [0.25, 0.3) is 22.0 Å². The first-order chi connectivity index (χ1) is 16.4. The Kier molecular flexibility index (Phi) is 5.47. The second-order valence-electron chi connectivity index (χ2n) is 8.39. The number of allylic oxidation sites excluding steroid dienone is 1. The van der Waals surface area contributed by atoms with Crippen LogP contribution in [0, 0.1) is 18.6 Å². The average molecular weight is 466 g/mol. The Labute approximate surface area is 195 Å². The van der Waals surface area contributed by atoms with Crippen LogP contribution >= 0.6 is 0 Å². The molecular weight excluding hydrogens is 440 g/mol. The van der Waals surface area contributed by atoms with E-state index in [0.29, 0.717) is 13.0 Å². The number of rotatable bonds is 5. The Morgan fingerprint density at radius 2 is 1.85 bits per heavy atom. The molecule has 0 bridgehead atoms. The minimum Gasteiger partial charge on any atom is -0.494 e. The van der Waals surface area contributed by atoms with Crippen molar-refractivity contribution in [1.29, 1.82) is 0 Å². The van der Waals surface area contributed by atoms with E-state index in [4.69, 9.17) is 9.47 Å². The molecule has 176 valence electrons. The second kappa shape index (κ2) is 8.48. The molecule has 2 aromatic heterocycles. The van der Waals surface area contributed by atoms with Gasteiger partial charge in [-0.15, -0.1) is 0 Å². The van der Waals surface area contributed by atoms with Crippen molar-refractivity contribution in [2.24, 2.45) is 7.05 Å². The van der Waals surface area contributed by atoms with Gasteiger partial charge in [-0.1, -0.05) is 6.08 Å². The topological polar surface area (TPSA) is 68.2 Å². The maximum atomic E-state index is 15.2. The lowest BCUT2D eigenvalue weighted by atomic mass is 9.90. The number of hydrogen-bond donors (Lipinski definition) is 1. The van der Waals surface area contributed by atoms with Gasteiger partial charge in [0, 0.05) is 60.1 Å². The molecule has 2 aromatic carbocycles. The number of benzene rings is 2. The molecule has 7 nitrogen and oxygen atoms in total. The summed E-state index contributed by atoms with van der Waals surface area (Å²) >= 11 is 0. The lowest BCUT2D eigenvalue weighted by Crippen LogP contribution is -2.28. The molecule has 1 unspecified atom stereocenters. The fourth-order valence-electron chi connectivity index (χ4n) is 4.74. The third kappa shape index (κ3) is 3.48. The van der Waals surface area contributed by atoms with Crippen LogP contribution in [0.15, 0.2) is 42.9 Å². The summed E-state index contributed by atoms with van der Waals surface area (Å²) in [5.41, 5.74) is 4.51. The SMILES string of the molecule is COc1cc(OC)c(F)c(C2CC=CN(c3ccc4cn[nH]c4c3-c3cn(C)nc3C)C2)c1F. The summed E-state index contributed by atoms with van der Waals surface area (Å²) in [6.07, 6.45) is 8.10. The molecular formula is C25H25F2N5O2. The van der Waals surface area contributed by atoms with Crippen molar-refractivity contribution in [3.63, 3.8) is 0 Å². The molecule has 9 heteroatoms. The second-order valence-corrected chi connectivity index (χ2v) is 8.39. The number of aryl methyl sites for hydroxylation is 2. The highest BCUT2D eigenvalue weighted by Gasteiger charge is 2.30. The largest absolute Gasteiger partial charge is 0.494 e. The van der Waals surface area contributed by atoms with Crippen LogP contribution in [-0.2, 0) is 7.05 Å². The number of ether oxygens (including phenoxy) is 2. The normalized spacial score (nSPS) is 15.8. The summed E-state index contributed by atoms with van der Waals surface area (Å²) in [6, 6.07) is 5.22. The number of anilines is 1. The molecule has 3 heterocycles. The van der Waals surface area contributed by atoms with Gasteiger partial charge in [0.1, 0.15) is 0 Å². The molecule has 0 amide bonds. The van der Waals surface area contributed by atoms with Crippen molar-refractivity contribution in [3.8, 4) is 22.6 Å². The van der Waals surface area contributed by atoms with Crippen LogP contribution in [0.2, 0.25) is 0 Å². The zero-order chi connectivity index (χ0) is 24.0. The molecule has 0 saturated carbocycles. The number of aromatic amines is 1. The van der Waals surface area contributed by atoms with Gasteiger partial charge in [-0.2, -0.15) is 10.2 Å². The van der Waals surface area contributed by atoms with Crippen LogP contribution in [0.4, 0.5) is 14.5 Å². The zero-order valence-electron chi connectivity index (χ0n) is 19.4. The number of methoxy groups -OCH3 is 2. The van der Waals surface area contributed by atoms with Crippen molar-refractivity contribution in [1.82, 2.24) is 20.0 Å². The van der Waals surface area contributed by atoms with Gasteiger partial charge in [-0.05, 0) is 25.5 Å². The Hall–Kier alpha value is -3.88. The number of aromatic nitrogens is 4. The Bertz CT molecular complexity index is 1380. The minimum absolute atomic E-state index is 0.0349. The fourth-order valence-corrected chi connectivity index (χ4v) is 4.74. The van der Waals surface area contributed by atoms with Crippen molar-refractivity contribution in [2.45, 2.75) is 19.3 Å². The molecule has 1 aliphatic rings. The Morgan fingerprint density at radius 3 is 2.50 bits per heavy atom. The molecule has 1 aliphatic heterocycles. The summed E-state index contributed by atoms with van der Waals surface area (Å²) in [4.78, 5) is 2.01. The Morgan fingerprint density at radius 1 is 1.12 bits per heavy atom. The average Bonchev–Trinajstić information content (AvgIpc) is 3.44. The first-order valence-electron chi connectivity index (χ1n) is 10.9. The van der Waals surface area contributed by atoms with Gasteiger partial charge in [0.05, 0.1) is 37.3 Å². The Balaban J connectivity index is 1.62. The number of nitrogens with zero attached hydrogens (tertiary/aromatic N) is 4. The monoisotopic (exact) mass is 465 g/mol. The van der Waals surface area contributed by atoms with Crippen molar-refractivity contribution < 1.29 is 18.3 Å². The van der Waals surface area contributed by atoms with Gasteiger partial charge in [0.25, 0.3) is 0 Å². The summed E-state index contributed by atoms with van der Waals surface area (Å²) in [5, 5.41) is 12.8. The number of fused-ring (bicyclic) bond motifs is 1. The smallest absolute Gasteiger partial charge is 0.171 e. The summed E-state index contributed by atoms with van der Waals surface area (Å²) in [7, 11) is 4.59. The van der Waals surface area contributed by atoms with Gasteiger partial charge in [-0.25, -0.2) is 8.78 Å². The standard InChI is InChI=1S/C25H25F2N5O2/c1-14-17(13-31(2)30-14)22-18(8-7-15-11-28-29-25(15)22)32-9-5-6-16(12-32)21-23(26)19(33-3)10-20(34-4)24(21)27/h5,7-11,13,16H,6,12H2,1-4H3,(H,28,29). The van der Waals surface area contributed by atoms with E-state index in [1.165, 1.54) is 20.3 Å². The van der Waals surface area contributed by atoms with Crippen molar-refractivity contribution in [2.75, 3.05) is 25.7 Å². The first-order valence-corrected chi connectivity index (χ1v) is 10.9. The van der Waals surface area contributed by atoms with Gasteiger partial charge in [0.2, 0.25) is 0 Å². The van der Waals surface area contributed by atoms with Gasteiger partial charge < -0.3 is 14.4 Å². The number of H-pyrrole nitrogens is 1. The quantitative estimate of drug-likeness (QED) is 0.446. The van der Waals surface area contributed by atoms with Gasteiger partial charge >= 0.3 is 0 Å². The molecule has 4 aromatic rings. The lowest BCUT2D eigenvalue weighted by molar-refractivity contribution is 0.349. The van der Waals surface area contributed by atoms with Gasteiger partial charge in [0.15, 0.2) is 23.1 Å². The molecule has 0 aliphatic carbocycles. The number of nitrogens with one attached hydrogen (secondary N) is 1. The number of halogens is 2. The summed E-state index contributed by atoms with van der Waals surface area (Å²) in [6.45, 7) is 2.32. The van der Waals surface area contributed by atoms with E-state index >= 15 is 8.78 Å². The molecule has 0 spiro atoms. The van der Waals surface area contributed by atoms with E-state index in [9.17, 15) is 0 Å². The summed E-state index contributed by atoms with van der Waals surface area (Å²) in [5.74, 6) is -1.93. The van der Waals surface area contributed by atoms with Crippen LogP contribution in [0.5, 0.6) is 11.5 Å². The number of hydrogen-bond acceptors (Lipinski definition) is 5. The van der Waals surface area contributed by atoms with Crippen LogP contribution in [-0.4, -0.2) is 40.7 Å². The van der Waals surface area contributed by atoms with Crippen LogP contribution < -0.4 is 14.4 Å². The van der Waals surface area contributed by atoms with E-state index in [-0.39, 0.29) is 17.1 Å². The van der Waals surface area contributed by atoms with E-state index in [1.807, 2.05) is 49.5 Å². The molecule has 34 heavy (non-hydrogen) atoms. The molecule has 0 radical (unpaired) electrons. The highest BCUT2D eigenvalue weighted by molar-refractivity contribution is 6.01. The summed E-state index contributed by atoms with van der Waals surface area (Å²) < 4.78 is 42.5. The van der Waals surface area contributed by atoms with E-state index in [2.05, 4.69) is 15.3 Å². The molecule has 1 N–H and O–H groups in total. The highest BCUT2D eigenvalue weighted by atomic mass is 19.1. The maximum Gasteiger partial charge on any atom is 0.171 e.